The first-order valence-electron chi connectivity index (χ1n) is 12.2. The third-order valence-electron chi connectivity index (χ3n) is 6.76. The Morgan fingerprint density at radius 3 is 2.74 bits per heavy atom. The number of rotatable bonds is 9. The van der Waals surface area contributed by atoms with Crippen LogP contribution in [0.25, 0.3) is 21.8 Å². The van der Waals surface area contributed by atoms with Gasteiger partial charge in [-0.1, -0.05) is 44.9 Å². The van der Waals surface area contributed by atoms with Crippen molar-refractivity contribution < 1.29 is 13.9 Å². The zero-order valence-corrected chi connectivity index (χ0v) is 20.7. The van der Waals surface area contributed by atoms with Crippen LogP contribution >= 0.6 is 9.24 Å². The summed E-state index contributed by atoms with van der Waals surface area (Å²) in [5.74, 6) is 1.78. The molecule has 7 heteroatoms. The summed E-state index contributed by atoms with van der Waals surface area (Å²) >= 11 is 0. The van der Waals surface area contributed by atoms with Crippen LogP contribution in [0, 0.1) is 18.7 Å². The van der Waals surface area contributed by atoms with Gasteiger partial charge in [-0.3, -0.25) is 0 Å². The van der Waals surface area contributed by atoms with Gasteiger partial charge in [0.05, 0.1) is 17.5 Å². The van der Waals surface area contributed by atoms with Crippen molar-refractivity contribution in [1.82, 2.24) is 15.0 Å². The number of hydrogen-bond acceptors (Lipinski definition) is 4. The number of halogens is 1. The molecule has 2 aromatic heterocycles. The quantitative estimate of drug-likeness (QED) is 0.208. The number of aryl methyl sites for hydroxylation is 1. The second-order valence-electron chi connectivity index (χ2n) is 9.33. The largest absolute Gasteiger partial charge is 0.493 e. The Balaban J connectivity index is 1.26. The SMILES string of the molecule is Cc1cc2c(F)c(Oc3ncnc4cc(OCCCCCC5CCCC5)c(P)cc34)ccc2[nH]1. The molecule has 0 radical (unpaired) electrons. The minimum atomic E-state index is -0.410. The lowest BCUT2D eigenvalue weighted by molar-refractivity contribution is 0.304. The molecule has 0 spiro atoms. The Kier molecular flexibility index (Phi) is 6.96. The maximum atomic E-state index is 15.0. The Bertz CT molecular complexity index is 1300. The molecule has 1 fully saturated rings. The van der Waals surface area contributed by atoms with Crippen molar-refractivity contribution in [1.29, 1.82) is 0 Å². The number of aromatic amines is 1. The van der Waals surface area contributed by atoms with Gasteiger partial charge in [-0.15, -0.1) is 9.24 Å². The molecule has 5 nitrogen and oxygen atoms in total. The van der Waals surface area contributed by atoms with E-state index in [-0.39, 0.29) is 5.75 Å². The highest BCUT2D eigenvalue weighted by atomic mass is 31.0. The Morgan fingerprint density at radius 1 is 1.03 bits per heavy atom. The number of nitrogens with zero attached hydrogens (tertiary/aromatic N) is 2. The number of fused-ring (bicyclic) bond motifs is 2. The van der Waals surface area contributed by atoms with E-state index in [1.54, 1.807) is 12.1 Å². The average molecular weight is 480 g/mol. The van der Waals surface area contributed by atoms with E-state index < -0.39 is 5.82 Å². The van der Waals surface area contributed by atoms with Gasteiger partial charge in [-0.05, 0) is 43.5 Å². The van der Waals surface area contributed by atoms with Crippen LogP contribution in [0.1, 0.15) is 57.1 Å². The van der Waals surface area contributed by atoms with Crippen molar-refractivity contribution >= 4 is 36.4 Å². The minimum absolute atomic E-state index is 0.134. The first-order valence-corrected chi connectivity index (χ1v) is 12.8. The molecule has 1 aliphatic rings. The van der Waals surface area contributed by atoms with Gasteiger partial charge in [0.1, 0.15) is 12.1 Å². The van der Waals surface area contributed by atoms with E-state index in [2.05, 4.69) is 24.2 Å². The molecule has 1 N–H and O–H groups in total. The van der Waals surface area contributed by atoms with Crippen LogP contribution in [0.3, 0.4) is 0 Å². The minimum Gasteiger partial charge on any atom is -0.493 e. The van der Waals surface area contributed by atoms with Crippen LogP contribution in [0.15, 0.2) is 36.7 Å². The Hall–Kier alpha value is -2.72. The lowest BCUT2D eigenvalue weighted by Crippen LogP contribution is -2.06. The maximum Gasteiger partial charge on any atom is 0.230 e. The van der Waals surface area contributed by atoms with Gasteiger partial charge in [0.25, 0.3) is 0 Å². The van der Waals surface area contributed by atoms with E-state index in [0.29, 0.717) is 28.8 Å². The summed E-state index contributed by atoms with van der Waals surface area (Å²) in [6.45, 7) is 2.59. The van der Waals surface area contributed by atoms with E-state index in [1.807, 2.05) is 25.1 Å². The Morgan fingerprint density at radius 2 is 1.88 bits per heavy atom. The van der Waals surface area contributed by atoms with Gasteiger partial charge < -0.3 is 14.5 Å². The summed E-state index contributed by atoms with van der Waals surface area (Å²) in [5.41, 5.74) is 2.33. The van der Waals surface area contributed by atoms with Crippen LogP contribution in [-0.2, 0) is 0 Å². The summed E-state index contributed by atoms with van der Waals surface area (Å²) < 4.78 is 27.0. The van der Waals surface area contributed by atoms with Crippen LogP contribution in [0.4, 0.5) is 4.39 Å². The predicted molar refractivity (Wildman–Crippen MR) is 138 cm³/mol. The van der Waals surface area contributed by atoms with Crippen molar-refractivity contribution in [2.45, 2.75) is 58.3 Å². The molecule has 5 rings (SSSR count). The van der Waals surface area contributed by atoms with E-state index >= 15 is 4.39 Å². The number of benzene rings is 2. The number of nitrogens with one attached hydrogen (secondary N) is 1. The number of aromatic nitrogens is 3. The van der Waals surface area contributed by atoms with Crippen molar-refractivity contribution in [2.75, 3.05) is 6.61 Å². The number of ether oxygens (including phenoxy) is 2. The average Bonchev–Trinajstić information content (AvgIpc) is 3.48. The predicted octanol–water partition coefficient (Wildman–Crippen LogP) is 6.98. The normalized spacial score (nSPS) is 14.3. The van der Waals surface area contributed by atoms with Crippen LogP contribution in [-0.4, -0.2) is 21.6 Å². The molecule has 1 unspecified atom stereocenters. The molecular formula is C27H31FN3O2P. The highest BCUT2D eigenvalue weighted by Gasteiger charge is 2.16. The van der Waals surface area contributed by atoms with E-state index in [0.717, 1.165) is 34.6 Å². The molecule has 0 amide bonds. The van der Waals surface area contributed by atoms with Crippen LogP contribution in [0.2, 0.25) is 0 Å². The molecule has 0 aliphatic heterocycles. The van der Waals surface area contributed by atoms with Gasteiger partial charge >= 0.3 is 0 Å². The highest BCUT2D eigenvalue weighted by molar-refractivity contribution is 7.27. The third-order valence-corrected chi connectivity index (χ3v) is 7.21. The van der Waals surface area contributed by atoms with E-state index in [1.165, 1.54) is 51.3 Å². The van der Waals surface area contributed by atoms with Crippen molar-refractivity contribution in [3.63, 3.8) is 0 Å². The monoisotopic (exact) mass is 479 g/mol. The first-order chi connectivity index (χ1) is 16.6. The molecule has 178 valence electrons. The lowest BCUT2D eigenvalue weighted by atomic mass is 10.0. The second kappa shape index (κ2) is 10.3. The fraction of sp³-hybridized carbons (Fsp3) is 0.407. The van der Waals surface area contributed by atoms with Crippen molar-refractivity contribution in [2.24, 2.45) is 5.92 Å². The number of H-pyrrole nitrogens is 1. The number of unbranched alkanes of at least 4 members (excludes halogenated alkanes) is 2. The topological polar surface area (TPSA) is 60.0 Å². The van der Waals surface area contributed by atoms with Crippen molar-refractivity contribution in [3.05, 3.63) is 48.2 Å². The van der Waals surface area contributed by atoms with Crippen molar-refractivity contribution in [3.8, 4) is 17.4 Å². The standard InChI is InChI=1S/C27H31FN3O2P/c1-17-13-19-21(31-17)10-11-23(26(19)28)33-27-20-14-25(34)24(15-22(20)29-16-30-27)32-12-6-2-3-7-18-8-4-5-9-18/h10-11,13-16,18,31H,2-9,12,34H2,1H3. The first kappa shape index (κ1) is 23.0. The van der Waals surface area contributed by atoms with Gasteiger partial charge in [-0.25, -0.2) is 14.4 Å². The smallest absolute Gasteiger partial charge is 0.230 e. The summed E-state index contributed by atoms with van der Waals surface area (Å²) in [6.07, 6.45) is 12.0. The molecule has 4 aromatic rings. The molecule has 34 heavy (non-hydrogen) atoms. The second-order valence-corrected chi connectivity index (χ2v) is 9.95. The maximum absolute atomic E-state index is 15.0. The molecule has 2 heterocycles. The molecular weight excluding hydrogens is 448 g/mol. The van der Waals surface area contributed by atoms with Crippen LogP contribution < -0.4 is 14.8 Å². The fourth-order valence-electron chi connectivity index (χ4n) is 4.95. The van der Waals surface area contributed by atoms with Gasteiger partial charge in [0.2, 0.25) is 5.88 Å². The summed E-state index contributed by atoms with van der Waals surface area (Å²) in [7, 11) is 2.71. The zero-order chi connectivity index (χ0) is 23.5. The lowest BCUT2D eigenvalue weighted by Gasteiger charge is -2.13. The molecule has 0 bridgehead atoms. The summed E-state index contributed by atoms with van der Waals surface area (Å²) in [4.78, 5) is 11.8. The molecule has 0 saturated heterocycles. The third kappa shape index (κ3) is 5.02. The Labute approximate surface area is 201 Å². The molecule has 1 saturated carbocycles. The fourth-order valence-corrected chi connectivity index (χ4v) is 5.28. The van der Waals surface area contributed by atoms with E-state index in [9.17, 15) is 0 Å². The van der Waals surface area contributed by atoms with Crippen LogP contribution in [0.5, 0.6) is 17.4 Å². The van der Waals surface area contributed by atoms with Gasteiger partial charge in [0, 0.05) is 28.0 Å². The zero-order valence-electron chi connectivity index (χ0n) is 19.6. The summed E-state index contributed by atoms with van der Waals surface area (Å²) in [6, 6.07) is 9.02. The molecule has 2 aromatic carbocycles. The van der Waals surface area contributed by atoms with Gasteiger partial charge in [0.15, 0.2) is 11.6 Å². The summed E-state index contributed by atoms with van der Waals surface area (Å²) in [5, 5.41) is 2.11. The molecule has 1 atom stereocenters. The number of hydrogen-bond donors (Lipinski definition) is 1. The van der Waals surface area contributed by atoms with Gasteiger partial charge in [-0.2, -0.15) is 0 Å². The van der Waals surface area contributed by atoms with E-state index in [4.69, 9.17) is 9.47 Å². The molecule has 1 aliphatic carbocycles. The highest BCUT2D eigenvalue weighted by Crippen LogP contribution is 2.33.